The normalized spacial score (nSPS) is 11.8. The number of nitrogens with zero attached hydrogens (tertiary/aromatic N) is 1. The first-order valence-corrected chi connectivity index (χ1v) is 9.50. The van der Waals surface area contributed by atoms with Crippen molar-refractivity contribution in [3.63, 3.8) is 0 Å². The van der Waals surface area contributed by atoms with E-state index in [9.17, 15) is 8.42 Å². The number of aryl methyl sites for hydroxylation is 2. The second-order valence-electron chi connectivity index (χ2n) is 5.73. The Labute approximate surface area is 142 Å². The summed E-state index contributed by atoms with van der Waals surface area (Å²) in [4.78, 5) is 0.293. The average molecular weight is 343 g/mol. The molecule has 0 amide bonds. The molecule has 0 N–H and O–H groups in total. The molecular weight excluding hydrogens is 322 g/mol. The largest absolute Gasteiger partial charge is 0.494 e. The van der Waals surface area contributed by atoms with Gasteiger partial charge in [-0.15, -0.1) is 0 Å². The van der Waals surface area contributed by atoms with Crippen LogP contribution >= 0.6 is 0 Å². The molecule has 2 aromatic carbocycles. The van der Waals surface area contributed by atoms with Gasteiger partial charge < -0.3 is 4.74 Å². The van der Waals surface area contributed by atoms with Gasteiger partial charge in [0.05, 0.1) is 17.0 Å². The SMILES string of the molecule is CCOc1ccc2c(c1)c(CC)cn2S(=O)(=O)c1ccc(C)cc1. The molecule has 4 nitrogen and oxygen atoms in total. The zero-order chi connectivity index (χ0) is 17.3. The van der Waals surface area contributed by atoms with Crippen molar-refractivity contribution in [3.8, 4) is 5.75 Å². The minimum atomic E-state index is -3.62. The Morgan fingerprint density at radius 3 is 2.38 bits per heavy atom. The lowest BCUT2D eigenvalue weighted by atomic mass is 10.1. The smallest absolute Gasteiger partial charge is 0.268 e. The van der Waals surface area contributed by atoms with Crippen molar-refractivity contribution in [1.82, 2.24) is 3.97 Å². The van der Waals surface area contributed by atoms with Crippen LogP contribution in [0.2, 0.25) is 0 Å². The van der Waals surface area contributed by atoms with Crippen LogP contribution in [0.25, 0.3) is 10.9 Å². The van der Waals surface area contributed by atoms with Gasteiger partial charge in [0, 0.05) is 11.6 Å². The Hall–Kier alpha value is -2.27. The van der Waals surface area contributed by atoms with E-state index in [1.165, 1.54) is 3.97 Å². The highest BCUT2D eigenvalue weighted by atomic mass is 32.2. The molecule has 0 aliphatic heterocycles. The second kappa shape index (κ2) is 6.32. The summed E-state index contributed by atoms with van der Waals surface area (Å²) in [6.45, 7) is 6.46. The number of hydrogen-bond acceptors (Lipinski definition) is 3. The van der Waals surface area contributed by atoms with Crippen LogP contribution in [0.1, 0.15) is 25.0 Å². The third-order valence-corrected chi connectivity index (χ3v) is 5.78. The van der Waals surface area contributed by atoms with Gasteiger partial charge in [-0.2, -0.15) is 0 Å². The summed E-state index contributed by atoms with van der Waals surface area (Å²) in [5, 5.41) is 0.916. The standard InChI is InChI=1S/C19H21NO3S/c1-4-15-13-20(19-11-8-16(23-5-2)12-18(15)19)24(21,22)17-9-6-14(3)7-10-17/h6-13H,4-5H2,1-3H3. The fourth-order valence-electron chi connectivity index (χ4n) is 2.81. The fourth-order valence-corrected chi connectivity index (χ4v) is 4.20. The predicted octanol–water partition coefficient (Wildman–Crippen LogP) is 4.15. The molecule has 0 radical (unpaired) electrons. The number of ether oxygens (including phenoxy) is 1. The molecule has 0 spiro atoms. The molecule has 0 aliphatic carbocycles. The number of benzene rings is 2. The van der Waals surface area contributed by atoms with Gasteiger partial charge in [-0.3, -0.25) is 0 Å². The topological polar surface area (TPSA) is 48.3 Å². The van der Waals surface area contributed by atoms with Crippen molar-refractivity contribution in [2.75, 3.05) is 6.61 Å². The fraction of sp³-hybridized carbons (Fsp3) is 0.263. The monoisotopic (exact) mass is 343 g/mol. The summed E-state index contributed by atoms with van der Waals surface area (Å²) in [6, 6.07) is 12.5. The first-order chi connectivity index (χ1) is 11.5. The van der Waals surface area contributed by atoms with E-state index in [1.54, 1.807) is 18.3 Å². The van der Waals surface area contributed by atoms with Gasteiger partial charge in [-0.25, -0.2) is 12.4 Å². The van der Waals surface area contributed by atoms with E-state index in [1.807, 2.05) is 51.1 Å². The number of aromatic nitrogens is 1. The Morgan fingerprint density at radius 1 is 1.04 bits per heavy atom. The Morgan fingerprint density at radius 2 is 1.75 bits per heavy atom. The van der Waals surface area contributed by atoms with Crippen LogP contribution in [0.3, 0.4) is 0 Å². The van der Waals surface area contributed by atoms with Crippen LogP contribution in [0.4, 0.5) is 0 Å². The predicted molar refractivity (Wildman–Crippen MR) is 96.2 cm³/mol. The molecule has 5 heteroatoms. The summed E-state index contributed by atoms with van der Waals surface area (Å²) >= 11 is 0. The first kappa shape index (κ1) is 16.6. The van der Waals surface area contributed by atoms with E-state index in [0.717, 1.165) is 28.7 Å². The summed E-state index contributed by atoms with van der Waals surface area (Å²) in [6.07, 6.45) is 2.47. The first-order valence-electron chi connectivity index (χ1n) is 8.06. The molecule has 3 rings (SSSR count). The maximum absolute atomic E-state index is 13.0. The maximum Gasteiger partial charge on any atom is 0.268 e. The quantitative estimate of drug-likeness (QED) is 0.699. The molecule has 24 heavy (non-hydrogen) atoms. The molecule has 3 aromatic rings. The second-order valence-corrected chi connectivity index (χ2v) is 7.55. The summed E-state index contributed by atoms with van der Waals surface area (Å²) in [5.74, 6) is 0.755. The van der Waals surface area contributed by atoms with Gasteiger partial charge in [0.2, 0.25) is 0 Å². The third-order valence-electron chi connectivity index (χ3n) is 4.09. The molecule has 1 heterocycles. The highest BCUT2D eigenvalue weighted by Crippen LogP contribution is 2.29. The van der Waals surface area contributed by atoms with E-state index in [-0.39, 0.29) is 0 Å². The summed E-state index contributed by atoms with van der Waals surface area (Å²) in [7, 11) is -3.62. The van der Waals surface area contributed by atoms with Crippen molar-refractivity contribution in [2.24, 2.45) is 0 Å². The molecule has 0 saturated carbocycles. The van der Waals surface area contributed by atoms with Crippen molar-refractivity contribution >= 4 is 20.9 Å². The highest BCUT2D eigenvalue weighted by molar-refractivity contribution is 7.90. The maximum atomic E-state index is 13.0. The lowest BCUT2D eigenvalue weighted by Gasteiger charge is -2.08. The molecule has 0 unspecified atom stereocenters. The van der Waals surface area contributed by atoms with Crippen molar-refractivity contribution in [3.05, 3.63) is 59.8 Å². The summed E-state index contributed by atoms with van der Waals surface area (Å²) < 4.78 is 33.0. The van der Waals surface area contributed by atoms with E-state index in [0.29, 0.717) is 17.0 Å². The minimum absolute atomic E-state index is 0.293. The lowest BCUT2D eigenvalue weighted by Crippen LogP contribution is -2.11. The van der Waals surface area contributed by atoms with E-state index in [2.05, 4.69) is 0 Å². The Balaban J connectivity index is 2.20. The van der Waals surface area contributed by atoms with Crippen molar-refractivity contribution in [1.29, 1.82) is 0 Å². The van der Waals surface area contributed by atoms with E-state index < -0.39 is 10.0 Å². The Bertz CT molecular complexity index is 970. The molecule has 0 bridgehead atoms. The molecular formula is C19H21NO3S. The zero-order valence-corrected chi connectivity index (χ0v) is 14.9. The molecule has 0 saturated heterocycles. The van der Waals surface area contributed by atoms with Crippen molar-refractivity contribution < 1.29 is 13.2 Å². The molecule has 0 atom stereocenters. The van der Waals surface area contributed by atoms with Gasteiger partial charge in [0.15, 0.2) is 0 Å². The van der Waals surface area contributed by atoms with Gasteiger partial charge in [0.25, 0.3) is 10.0 Å². The van der Waals surface area contributed by atoms with Crippen LogP contribution in [-0.4, -0.2) is 19.0 Å². The van der Waals surface area contributed by atoms with Crippen LogP contribution in [0.5, 0.6) is 5.75 Å². The van der Waals surface area contributed by atoms with Crippen LogP contribution < -0.4 is 4.74 Å². The van der Waals surface area contributed by atoms with Crippen molar-refractivity contribution in [2.45, 2.75) is 32.1 Å². The zero-order valence-electron chi connectivity index (χ0n) is 14.1. The Kier molecular flexibility index (Phi) is 4.37. The van der Waals surface area contributed by atoms with E-state index in [4.69, 9.17) is 4.74 Å². The van der Waals surface area contributed by atoms with Gasteiger partial charge >= 0.3 is 0 Å². The minimum Gasteiger partial charge on any atom is -0.494 e. The molecule has 0 aliphatic rings. The van der Waals surface area contributed by atoms with Crippen LogP contribution in [-0.2, 0) is 16.4 Å². The third kappa shape index (κ3) is 2.80. The molecule has 1 aromatic heterocycles. The molecule has 126 valence electrons. The van der Waals surface area contributed by atoms with Gasteiger partial charge in [-0.1, -0.05) is 24.6 Å². The van der Waals surface area contributed by atoms with Crippen LogP contribution in [0.15, 0.2) is 53.6 Å². The summed E-state index contributed by atoms with van der Waals surface area (Å²) in [5.41, 5.74) is 2.69. The molecule has 0 fully saturated rings. The number of rotatable bonds is 5. The average Bonchev–Trinajstić information content (AvgIpc) is 2.94. The van der Waals surface area contributed by atoms with Crippen LogP contribution in [0, 0.1) is 6.92 Å². The highest BCUT2D eigenvalue weighted by Gasteiger charge is 2.21. The van der Waals surface area contributed by atoms with E-state index >= 15 is 0 Å². The van der Waals surface area contributed by atoms with Gasteiger partial charge in [-0.05, 0) is 56.2 Å². The number of fused-ring (bicyclic) bond motifs is 1. The lowest BCUT2D eigenvalue weighted by molar-refractivity contribution is 0.340. The van der Waals surface area contributed by atoms with Gasteiger partial charge in [0.1, 0.15) is 5.75 Å². The number of hydrogen-bond donors (Lipinski definition) is 0.